The van der Waals surface area contributed by atoms with Crippen molar-refractivity contribution in [2.75, 3.05) is 7.11 Å². The minimum absolute atomic E-state index is 0.0647. The molecule has 1 aliphatic carbocycles. The van der Waals surface area contributed by atoms with E-state index in [9.17, 15) is 8.42 Å². The van der Waals surface area contributed by atoms with Crippen molar-refractivity contribution in [2.24, 2.45) is 0 Å². The number of methoxy groups -OCH3 is 1. The molecule has 1 heterocycles. The van der Waals surface area contributed by atoms with E-state index in [2.05, 4.69) is 9.71 Å². The SMILES string of the molecule is COc1ncccc1S(=O)(=O)NC1CCC1. The zero-order chi connectivity index (χ0) is 11.6. The van der Waals surface area contributed by atoms with Gasteiger partial charge >= 0.3 is 0 Å². The van der Waals surface area contributed by atoms with Gasteiger partial charge in [0.05, 0.1) is 7.11 Å². The molecule has 0 aliphatic heterocycles. The topological polar surface area (TPSA) is 68.3 Å². The van der Waals surface area contributed by atoms with Gasteiger partial charge in [-0.2, -0.15) is 0 Å². The third-order valence-corrected chi connectivity index (χ3v) is 4.18. The van der Waals surface area contributed by atoms with Crippen LogP contribution in [0, 0.1) is 0 Å². The van der Waals surface area contributed by atoms with Gasteiger partial charge in [-0.25, -0.2) is 18.1 Å². The molecule has 6 heteroatoms. The fraction of sp³-hybridized carbons (Fsp3) is 0.500. The van der Waals surface area contributed by atoms with Crippen LogP contribution in [0.1, 0.15) is 19.3 Å². The van der Waals surface area contributed by atoms with Crippen LogP contribution in [0.5, 0.6) is 5.88 Å². The third kappa shape index (κ3) is 2.17. The molecule has 88 valence electrons. The summed E-state index contributed by atoms with van der Waals surface area (Å²) in [5.74, 6) is 0.134. The molecule has 1 aliphatic rings. The maximum absolute atomic E-state index is 12.0. The Morgan fingerprint density at radius 2 is 2.25 bits per heavy atom. The summed E-state index contributed by atoms with van der Waals surface area (Å²) < 4.78 is 31.5. The number of rotatable bonds is 4. The molecule has 0 unspecified atom stereocenters. The number of ether oxygens (including phenoxy) is 1. The van der Waals surface area contributed by atoms with Crippen LogP contribution in [0.3, 0.4) is 0 Å². The Morgan fingerprint density at radius 1 is 1.50 bits per heavy atom. The van der Waals surface area contributed by atoms with Crippen molar-refractivity contribution < 1.29 is 13.2 Å². The van der Waals surface area contributed by atoms with Gasteiger partial charge in [-0.15, -0.1) is 0 Å². The number of pyridine rings is 1. The van der Waals surface area contributed by atoms with E-state index in [0.29, 0.717) is 0 Å². The van der Waals surface area contributed by atoms with Crippen LogP contribution in [-0.2, 0) is 10.0 Å². The van der Waals surface area contributed by atoms with E-state index in [-0.39, 0.29) is 16.8 Å². The number of hydrogen-bond acceptors (Lipinski definition) is 4. The van der Waals surface area contributed by atoms with Crippen LogP contribution in [-0.4, -0.2) is 26.6 Å². The summed E-state index contributed by atoms with van der Waals surface area (Å²) in [6, 6.07) is 3.14. The zero-order valence-corrected chi connectivity index (χ0v) is 9.83. The molecule has 0 aromatic carbocycles. The number of aromatic nitrogens is 1. The Bertz CT molecular complexity index is 469. The second-order valence-corrected chi connectivity index (χ2v) is 5.44. The highest BCUT2D eigenvalue weighted by molar-refractivity contribution is 7.89. The highest BCUT2D eigenvalue weighted by atomic mass is 32.2. The first-order valence-electron chi connectivity index (χ1n) is 5.15. The Balaban J connectivity index is 2.27. The molecular formula is C10H14N2O3S. The molecule has 0 radical (unpaired) electrons. The molecule has 0 atom stereocenters. The lowest BCUT2D eigenvalue weighted by Gasteiger charge is -2.26. The normalized spacial score (nSPS) is 16.8. The Kier molecular flexibility index (Phi) is 3.11. The largest absolute Gasteiger partial charge is 0.480 e. The maximum Gasteiger partial charge on any atom is 0.246 e. The van der Waals surface area contributed by atoms with Crippen LogP contribution >= 0.6 is 0 Å². The van der Waals surface area contributed by atoms with Crippen molar-refractivity contribution in [3.8, 4) is 5.88 Å². The van der Waals surface area contributed by atoms with Crippen LogP contribution in [0.4, 0.5) is 0 Å². The van der Waals surface area contributed by atoms with E-state index in [1.54, 1.807) is 6.07 Å². The van der Waals surface area contributed by atoms with E-state index >= 15 is 0 Å². The first-order chi connectivity index (χ1) is 7.63. The van der Waals surface area contributed by atoms with E-state index in [1.165, 1.54) is 19.4 Å². The second kappa shape index (κ2) is 4.39. The Morgan fingerprint density at radius 3 is 2.81 bits per heavy atom. The lowest BCUT2D eigenvalue weighted by Crippen LogP contribution is -2.39. The Hall–Kier alpha value is -1.14. The van der Waals surface area contributed by atoms with Gasteiger partial charge in [0.15, 0.2) is 0 Å². The second-order valence-electron chi connectivity index (χ2n) is 3.76. The zero-order valence-electron chi connectivity index (χ0n) is 9.01. The van der Waals surface area contributed by atoms with Gasteiger partial charge in [-0.05, 0) is 25.0 Å². The highest BCUT2D eigenvalue weighted by Gasteiger charge is 2.27. The first kappa shape index (κ1) is 11.3. The summed E-state index contributed by atoms with van der Waals surface area (Å²) in [5, 5.41) is 0. The molecule has 1 N–H and O–H groups in total. The van der Waals surface area contributed by atoms with Crippen molar-refractivity contribution in [3.63, 3.8) is 0 Å². The number of hydrogen-bond donors (Lipinski definition) is 1. The van der Waals surface area contributed by atoms with Crippen LogP contribution in [0.25, 0.3) is 0 Å². The molecule has 2 rings (SSSR count). The molecule has 1 fully saturated rings. The minimum atomic E-state index is -3.50. The molecule has 1 aromatic heterocycles. The maximum atomic E-state index is 12.0. The lowest BCUT2D eigenvalue weighted by atomic mass is 9.94. The molecular weight excluding hydrogens is 228 g/mol. The minimum Gasteiger partial charge on any atom is -0.480 e. The van der Waals surface area contributed by atoms with E-state index in [1.807, 2.05) is 0 Å². The van der Waals surface area contributed by atoms with Gasteiger partial charge < -0.3 is 4.74 Å². The van der Waals surface area contributed by atoms with Gasteiger partial charge in [-0.3, -0.25) is 0 Å². The van der Waals surface area contributed by atoms with Gasteiger partial charge in [0.25, 0.3) is 0 Å². The van der Waals surface area contributed by atoms with E-state index < -0.39 is 10.0 Å². The molecule has 0 amide bonds. The fourth-order valence-electron chi connectivity index (χ4n) is 1.54. The quantitative estimate of drug-likeness (QED) is 0.852. The molecule has 5 nitrogen and oxygen atoms in total. The standard InChI is InChI=1S/C10H14N2O3S/c1-15-10-9(6-3-7-11-10)16(13,14)12-8-4-2-5-8/h3,6-8,12H,2,4-5H2,1H3. The Labute approximate surface area is 94.9 Å². The van der Waals surface area contributed by atoms with Gasteiger partial charge in [0.2, 0.25) is 15.9 Å². The molecule has 0 spiro atoms. The van der Waals surface area contributed by atoms with Gasteiger partial charge in [0, 0.05) is 12.2 Å². The van der Waals surface area contributed by atoms with Gasteiger partial charge in [0.1, 0.15) is 4.90 Å². The summed E-state index contributed by atoms with van der Waals surface area (Å²) in [7, 11) is -2.09. The highest BCUT2D eigenvalue weighted by Crippen LogP contribution is 2.24. The van der Waals surface area contributed by atoms with Gasteiger partial charge in [-0.1, -0.05) is 6.42 Å². The van der Waals surface area contributed by atoms with Crippen LogP contribution in [0.2, 0.25) is 0 Å². The van der Waals surface area contributed by atoms with E-state index in [0.717, 1.165) is 19.3 Å². The summed E-state index contributed by atoms with van der Waals surface area (Å²) >= 11 is 0. The smallest absolute Gasteiger partial charge is 0.246 e. The molecule has 0 saturated heterocycles. The monoisotopic (exact) mass is 242 g/mol. The first-order valence-corrected chi connectivity index (χ1v) is 6.63. The molecule has 0 bridgehead atoms. The van der Waals surface area contributed by atoms with Crippen molar-refractivity contribution >= 4 is 10.0 Å². The van der Waals surface area contributed by atoms with E-state index in [4.69, 9.17) is 4.74 Å². The number of nitrogens with one attached hydrogen (secondary N) is 1. The van der Waals surface area contributed by atoms with Crippen molar-refractivity contribution in [2.45, 2.75) is 30.2 Å². The third-order valence-electron chi connectivity index (χ3n) is 2.65. The van der Waals surface area contributed by atoms with Crippen molar-refractivity contribution in [1.82, 2.24) is 9.71 Å². The number of sulfonamides is 1. The average molecular weight is 242 g/mol. The molecule has 16 heavy (non-hydrogen) atoms. The molecule has 1 saturated carbocycles. The summed E-state index contributed by atoms with van der Waals surface area (Å²) in [5.41, 5.74) is 0. The van der Waals surface area contributed by atoms with Crippen molar-refractivity contribution in [3.05, 3.63) is 18.3 Å². The average Bonchev–Trinajstić information content (AvgIpc) is 2.24. The van der Waals surface area contributed by atoms with Crippen LogP contribution < -0.4 is 9.46 Å². The lowest BCUT2D eigenvalue weighted by molar-refractivity contribution is 0.374. The predicted octanol–water partition coefficient (Wildman–Crippen LogP) is 0.921. The summed E-state index contributed by atoms with van der Waals surface area (Å²) in [6.45, 7) is 0. The summed E-state index contributed by atoms with van der Waals surface area (Å²) in [6.07, 6.45) is 4.39. The predicted molar refractivity (Wildman–Crippen MR) is 58.7 cm³/mol. The number of nitrogens with zero attached hydrogens (tertiary/aromatic N) is 1. The summed E-state index contributed by atoms with van der Waals surface area (Å²) in [4.78, 5) is 3.97. The van der Waals surface area contributed by atoms with Crippen molar-refractivity contribution in [1.29, 1.82) is 0 Å². The van der Waals surface area contributed by atoms with Crippen LogP contribution in [0.15, 0.2) is 23.2 Å². The molecule has 1 aromatic rings. The fourth-order valence-corrected chi connectivity index (χ4v) is 2.97.